The second kappa shape index (κ2) is 10.1. The molecule has 0 spiro atoms. The maximum atomic E-state index is 13.6. The van der Waals surface area contributed by atoms with Crippen molar-refractivity contribution in [1.29, 1.82) is 0 Å². The molecule has 1 heterocycles. The maximum Gasteiger partial charge on any atom is 0.416 e. The van der Waals surface area contributed by atoms with Gasteiger partial charge in [0, 0.05) is 17.1 Å². The average Bonchev–Trinajstić information content (AvgIpc) is 3.29. The van der Waals surface area contributed by atoms with Gasteiger partial charge >= 0.3 is 12.1 Å². The number of likely N-dealkylation sites (tertiary alicyclic amines) is 1. The van der Waals surface area contributed by atoms with E-state index in [0.29, 0.717) is 30.7 Å². The quantitative estimate of drug-likeness (QED) is 0.407. The van der Waals surface area contributed by atoms with Crippen molar-refractivity contribution >= 4 is 17.6 Å². The molecule has 0 aliphatic carbocycles. The number of carboxylic acids is 1. The Kier molecular flexibility index (Phi) is 7.14. The minimum atomic E-state index is -4.57. The van der Waals surface area contributed by atoms with Gasteiger partial charge in [-0.05, 0) is 48.2 Å². The molecular formula is C26H23ClF3NO3. The number of para-hydroxylation sites is 1. The van der Waals surface area contributed by atoms with Gasteiger partial charge in [-0.2, -0.15) is 13.2 Å². The van der Waals surface area contributed by atoms with Crippen LogP contribution >= 0.6 is 11.6 Å². The highest BCUT2D eigenvalue weighted by Crippen LogP contribution is 2.43. The molecule has 3 aromatic rings. The van der Waals surface area contributed by atoms with Crippen molar-refractivity contribution in [2.24, 2.45) is 0 Å². The number of halogens is 4. The normalized spacial score (nSPS) is 17.5. The minimum absolute atomic E-state index is 0.131. The van der Waals surface area contributed by atoms with Crippen LogP contribution in [-0.2, 0) is 17.6 Å². The Bertz CT molecular complexity index is 1150. The fourth-order valence-corrected chi connectivity index (χ4v) is 4.61. The second-order valence-electron chi connectivity index (χ2n) is 8.18. The molecular weight excluding hydrogens is 467 g/mol. The predicted octanol–water partition coefficient (Wildman–Crippen LogP) is 6.58. The van der Waals surface area contributed by atoms with Gasteiger partial charge in [0.1, 0.15) is 18.4 Å². The smallest absolute Gasteiger partial charge is 0.416 e. The van der Waals surface area contributed by atoms with Gasteiger partial charge in [0.15, 0.2) is 0 Å². The lowest BCUT2D eigenvalue weighted by atomic mass is 9.93. The fraction of sp³-hybridized carbons (Fsp3) is 0.269. The Morgan fingerprint density at radius 1 is 1.06 bits per heavy atom. The van der Waals surface area contributed by atoms with Crippen molar-refractivity contribution in [2.45, 2.75) is 37.7 Å². The summed E-state index contributed by atoms with van der Waals surface area (Å²) >= 11 is 6.44. The van der Waals surface area contributed by atoms with E-state index in [9.17, 15) is 23.1 Å². The largest absolute Gasteiger partial charge is 0.489 e. The zero-order valence-corrected chi connectivity index (χ0v) is 18.9. The van der Waals surface area contributed by atoms with Gasteiger partial charge in [0.2, 0.25) is 0 Å². The molecule has 1 aliphatic heterocycles. The van der Waals surface area contributed by atoms with Crippen LogP contribution in [0.25, 0.3) is 0 Å². The Morgan fingerprint density at radius 3 is 2.47 bits per heavy atom. The molecule has 4 rings (SSSR count). The molecule has 0 radical (unpaired) electrons. The standard InChI is InChI=1S/C26H23ClF3NO3/c27-21-13-12-18(26(28,29)30)15-20(21)24(31-14-6-10-22(31)25(32)33)19-9-4-5-11-23(19)34-16-17-7-2-1-3-8-17/h1-5,7-9,11-13,15,22,24H,6,10,14,16H2,(H,32,33). The number of hydrogen-bond acceptors (Lipinski definition) is 3. The van der Waals surface area contributed by atoms with E-state index in [1.165, 1.54) is 6.07 Å². The highest BCUT2D eigenvalue weighted by atomic mass is 35.5. The highest BCUT2D eigenvalue weighted by Gasteiger charge is 2.40. The summed E-state index contributed by atoms with van der Waals surface area (Å²) in [4.78, 5) is 13.7. The summed E-state index contributed by atoms with van der Waals surface area (Å²) in [5.41, 5.74) is 0.842. The number of hydrogen-bond donors (Lipinski definition) is 1. The average molecular weight is 490 g/mol. The number of nitrogens with zero attached hydrogens (tertiary/aromatic N) is 1. The molecule has 178 valence electrons. The second-order valence-corrected chi connectivity index (χ2v) is 8.59. The van der Waals surface area contributed by atoms with Crippen LogP contribution in [0.5, 0.6) is 5.75 Å². The van der Waals surface area contributed by atoms with E-state index < -0.39 is 29.8 Å². The monoisotopic (exact) mass is 489 g/mol. The van der Waals surface area contributed by atoms with E-state index in [2.05, 4.69) is 0 Å². The number of rotatable bonds is 7. The van der Waals surface area contributed by atoms with E-state index in [1.54, 1.807) is 29.2 Å². The van der Waals surface area contributed by atoms with Crippen molar-refractivity contribution in [2.75, 3.05) is 6.54 Å². The third-order valence-electron chi connectivity index (χ3n) is 5.98. The van der Waals surface area contributed by atoms with Crippen LogP contribution in [0.1, 0.15) is 41.1 Å². The molecule has 8 heteroatoms. The summed E-state index contributed by atoms with van der Waals surface area (Å²) in [5.74, 6) is -0.561. The van der Waals surface area contributed by atoms with Gasteiger partial charge < -0.3 is 9.84 Å². The van der Waals surface area contributed by atoms with E-state index in [0.717, 1.165) is 17.7 Å². The maximum absolute atomic E-state index is 13.6. The highest BCUT2D eigenvalue weighted by molar-refractivity contribution is 6.31. The zero-order chi connectivity index (χ0) is 24.3. The first-order valence-electron chi connectivity index (χ1n) is 10.9. The molecule has 2 unspecified atom stereocenters. The lowest BCUT2D eigenvalue weighted by molar-refractivity contribution is -0.143. The molecule has 34 heavy (non-hydrogen) atoms. The van der Waals surface area contributed by atoms with E-state index in [1.807, 2.05) is 30.3 Å². The Balaban J connectivity index is 1.82. The summed E-state index contributed by atoms with van der Waals surface area (Å²) in [6.45, 7) is 0.657. The number of alkyl halides is 3. The number of carboxylic acid groups (broad SMARTS) is 1. The molecule has 0 bridgehead atoms. The van der Waals surface area contributed by atoms with Crippen LogP contribution < -0.4 is 4.74 Å². The number of benzene rings is 3. The Labute approximate surface area is 200 Å². The van der Waals surface area contributed by atoms with Gasteiger partial charge in [-0.25, -0.2) is 0 Å². The van der Waals surface area contributed by atoms with Crippen LogP contribution in [0, 0.1) is 0 Å². The SMILES string of the molecule is O=C(O)C1CCCN1C(c1cc(C(F)(F)F)ccc1Cl)c1ccccc1OCc1ccccc1. The molecule has 0 aromatic heterocycles. The lowest BCUT2D eigenvalue weighted by Gasteiger charge is -2.33. The van der Waals surface area contributed by atoms with Crippen molar-refractivity contribution in [3.63, 3.8) is 0 Å². The molecule has 3 aromatic carbocycles. The molecule has 1 N–H and O–H groups in total. The Morgan fingerprint density at radius 2 is 1.76 bits per heavy atom. The fourth-order valence-electron chi connectivity index (χ4n) is 4.39. The topological polar surface area (TPSA) is 49.8 Å². The summed E-state index contributed by atoms with van der Waals surface area (Å²) in [5, 5.41) is 9.95. The van der Waals surface area contributed by atoms with Crippen molar-refractivity contribution in [1.82, 2.24) is 4.90 Å². The van der Waals surface area contributed by atoms with Crippen molar-refractivity contribution in [3.8, 4) is 5.75 Å². The van der Waals surface area contributed by atoms with Crippen molar-refractivity contribution < 1.29 is 27.8 Å². The van der Waals surface area contributed by atoms with Crippen LogP contribution in [0.15, 0.2) is 72.8 Å². The summed E-state index contributed by atoms with van der Waals surface area (Å²) in [7, 11) is 0. The minimum Gasteiger partial charge on any atom is -0.489 e. The predicted molar refractivity (Wildman–Crippen MR) is 123 cm³/mol. The first-order valence-corrected chi connectivity index (χ1v) is 11.2. The Hall–Kier alpha value is -3.03. The first-order chi connectivity index (χ1) is 16.3. The number of aliphatic carboxylic acids is 1. The number of carbonyl (C=O) groups is 1. The third kappa shape index (κ3) is 5.21. The first kappa shape index (κ1) is 24.1. The van der Waals surface area contributed by atoms with E-state index in [4.69, 9.17) is 16.3 Å². The molecule has 1 fully saturated rings. The summed E-state index contributed by atoms with van der Waals surface area (Å²) in [6.07, 6.45) is -3.56. The molecule has 0 amide bonds. The summed E-state index contributed by atoms with van der Waals surface area (Å²) < 4.78 is 46.8. The van der Waals surface area contributed by atoms with E-state index in [-0.39, 0.29) is 17.2 Å². The van der Waals surface area contributed by atoms with Crippen LogP contribution in [0.3, 0.4) is 0 Å². The van der Waals surface area contributed by atoms with Gasteiger partial charge in [0.05, 0.1) is 11.6 Å². The summed E-state index contributed by atoms with van der Waals surface area (Å²) in [6, 6.07) is 18.0. The molecule has 2 atom stereocenters. The van der Waals surface area contributed by atoms with Crippen LogP contribution in [0.2, 0.25) is 5.02 Å². The van der Waals surface area contributed by atoms with E-state index >= 15 is 0 Å². The van der Waals surface area contributed by atoms with Gasteiger partial charge in [0.25, 0.3) is 0 Å². The van der Waals surface area contributed by atoms with Gasteiger partial charge in [-0.15, -0.1) is 0 Å². The van der Waals surface area contributed by atoms with Crippen molar-refractivity contribution in [3.05, 3.63) is 100 Å². The molecule has 1 aliphatic rings. The molecule has 0 saturated carbocycles. The van der Waals surface area contributed by atoms with Gasteiger partial charge in [-0.3, -0.25) is 9.69 Å². The molecule has 4 nitrogen and oxygen atoms in total. The van der Waals surface area contributed by atoms with Crippen LogP contribution in [0.4, 0.5) is 13.2 Å². The molecule has 1 saturated heterocycles. The number of ether oxygens (including phenoxy) is 1. The third-order valence-corrected chi connectivity index (χ3v) is 6.32. The van der Waals surface area contributed by atoms with Crippen LogP contribution in [-0.4, -0.2) is 28.6 Å². The zero-order valence-electron chi connectivity index (χ0n) is 18.1. The van der Waals surface area contributed by atoms with Gasteiger partial charge in [-0.1, -0.05) is 60.1 Å². The lowest BCUT2D eigenvalue weighted by Crippen LogP contribution is -2.39.